The second kappa shape index (κ2) is 4.50. The summed E-state index contributed by atoms with van der Waals surface area (Å²) in [6.07, 6.45) is 0. The Morgan fingerprint density at radius 1 is 0.600 bits per heavy atom. The van der Waals surface area contributed by atoms with Gasteiger partial charge in [0.05, 0.1) is 20.0 Å². The Bertz CT molecular complexity index is 900. The molecule has 4 heteroatoms. The minimum absolute atomic E-state index is 0.884. The zero-order valence-corrected chi connectivity index (χ0v) is 13.4. The molecule has 2 nitrogen and oxygen atoms in total. The van der Waals surface area contributed by atoms with E-state index in [2.05, 4.69) is 44.0 Å². The van der Waals surface area contributed by atoms with Gasteiger partial charge in [0.15, 0.2) is 0 Å². The average Bonchev–Trinajstić information content (AvgIpc) is 2.51. The van der Waals surface area contributed by atoms with Crippen LogP contribution in [0, 0.1) is 0 Å². The van der Waals surface area contributed by atoms with Crippen molar-refractivity contribution in [2.24, 2.45) is 0 Å². The maximum atomic E-state index is 4.75. The molecule has 96 valence electrons. The van der Waals surface area contributed by atoms with E-state index in [1.165, 1.54) is 0 Å². The van der Waals surface area contributed by atoms with E-state index in [1.807, 2.05) is 36.4 Å². The Labute approximate surface area is 132 Å². The highest BCUT2D eigenvalue weighted by Crippen LogP contribution is 2.38. The molecule has 0 bridgehead atoms. The molecule has 1 aromatic heterocycles. The van der Waals surface area contributed by atoms with Gasteiger partial charge in [-0.15, -0.1) is 0 Å². The third kappa shape index (κ3) is 1.68. The molecule has 4 aromatic rings. The van der Waals surface area contributed by atoms with Crippen LogP contribution in [0.1, 0.15) is 0 Å². The first-order valence-electron chi connectivity index (χ1n) is 6.18. The molecule has 0 atom stereocenters. The number of halogens is 2. The van der Waals surface area contributed by atoms with Crippen molar-refractivity contribution in [1.82, 2.24) is 9.97 Å². The highest BCUT2D eigenvalue weighted by Gasteiger charge is 2.13. The number of nitrogens with zero attached hydrogens (tertiary/aromatic N) is 2. The largest absolute Gasteiger partial charge is 0.243 e. The van der Waals surface area contributed by atoms with Gasteiger partial charge in [-0.3, -0.25) is 0 Å². The third-order valence-corrected chi connectivity index (χ3v) is 4.99. The number of fused-ring (bicyclic) bond motifs is 3. The Morgan fingerprint density at radius 3 is 1.45 bits per heavy atom. The molecule has 0 fully saturated rings. The molecule has 0 N–H and O–H groups in total. The summed E-state index contributed by atoms with van der Waals surface area (Å²) < 4.78 is 1.98. The van der Waals surface area contributed by atoms with E-state index in [9.17, 15) is 0 Å². The van der Waals surface area contributed by atoms with Crippen LogP contribution in [0.5, 0.6) is 0 Å². The van der Waals surface area contributed by atoms with E-state index in [0.717, 1.165) is 41.8 Å². The number of para-hydroxylation sites is 2. The molecule has 0 aliphatic rings. The van der Waals surface area contributed by atoms with Crippen molar-refractivity contribution in [2.45, 2.75) is 0 Å². The van der Waals surface area contributed by atoms with Crippen LogP contribution in [-0.4, -0.2) is 9.97 Å². The number of aromatic nitrogens is 2. The highest BCUT2D eigenvalue weighted by atomic mass is 79.9. The van der Waals surface area contributed by atoms with Crippen molar-refractivity contribution in [3.63, 3.8) is 0 Å². The van der Waals surface area contributed by atoms with Gasteiger partial charge in [-0.2, -0.15) is 0 Å². The van der Waals surface area contributed by atoms with Gasteiger partial charge < -0.3 is 0 Å². The Hall–Kier alpha value is -1.52. The minimum atomic E-state index is 0.884. The Kier molecular flexibility index (Phi) is 2.75. The molecule has 0 aliphatic heterocycles. The molecular formula is C16H8Br2N2. The molecule has 0 saturated heterocycles. The van der Waals surface area contributed by atoms with Crippen LogP contribution >= 0.6 is 31.9 Å². The monoisotopic (exact) mass is 386 g/mol. The van der Waals surface area contributed by atoms with Crippen molar-refractivity contribution in [2.75, 3.05) is 0 Å². The summed E-state index contributed by atoms with van der Waals surface area (Å²) in [4.78, 5) is 9.50. The van der Waals surface area contributed by atoms with E-state index in [-0.39, 0.29) is 0 Å². The van der Waals surface area contributed by atoms with E-state index >= 15 is 0 Å². The molecule has 0 saturated carbocycles. The van der Waals surface area contributed by atoms with Crippen LogP contribution in [0.25, 0.3) is 32.8 Å². The van der Waals surface area contributed by atoms with Crippen LogP contribution < -0.4 is 0 Å². The van der Waals surface area contributed by atoms with Gasteiger partial charge in [0.2, 0.25) is 0 Å². The van der Waals surface area contributed by atoms with E-state index < -0.39 is 0 Å². The lowest BCUT2D eigenvalue weighted by Crippen LogP contribution is -1.91. The van der Waals surface area contributed by atoms with Gasteiger partial charge in [0, 0.05) is 0 Å². The van der Waals surface area contributed by atoms with Gasteiger partial charge >= 0.3 is 0 Å². The first-order valence-corrected chi connectivity index (χ1v) is 7.76. The first kappa shape index (κ1) is 12.2. The zero-order valence-electron chi connectivity index (χ0n) is 10.3. The fourth-order valence-electron chi connectivity index (χ4n) is 2.43. The van der Waals surface area contributed by atoms with Crippen LogP contribution in [-0.2, 0) is 0 Å². The first-order chi connectivity index (χ1) is 9.75. The summed E-state index contributed by atoms with van der Waals surface area (Å²) in [6.45, 7) is 0. The van der Waals surface area contributed by atoms with Crippen molar-refractivity contribution >= 4 is 64.7 Å². The number of hydrogen-bond acceptors (Lipinski definition) is 2. The summed E-state index contributed by atoms with van der Waals surface area (Å²) in [7, 11) is 0. The topological polar surface area (TPSA) is 25.8 Å². The predicted octanol–water partition coefficient (Wildman–Crippen LogP) is 5.46. The zero-order chi connectivity index (χ0) is 13.7. The maximum Gasteiger partial charge on any atom is 0.105 e. The molecule has 0 radical (unpaired) electrons. The van der Waals surface area contributed by atoms with Gasteiger partial charge in [0.1, 0.15) is 11.0 Å². The lowest BCUT2D eigenvalue weighted by molar-refractivity contribution is 1.39. The minimum Gasteiger partial charge on any atom is -0.243 e. The normalized spacial score (nSPS) is 11.5. The van der Waals surface area contributed by atoms with E-state index in [0.29, 0.717) is 0 Å². The third-order valence-electron chi connectivity index (χ3n) is 3.39. The van der Waals surface area contributed by atoms with E-state index in [4.69, 9.17) is 9.97 Å². The number of benzene rings is 3. The van der Waals surface area contributed by atoms with Crippen molar-refractivity contribution in [1.29, 1.82) is 0 Å². The average molecular weight is 388 g/mol. The van der Waals surface area contributed by atoms with Crippen LogP contribution in [0.15, 0.2) is 57.5 Å². The molecule has 0 amide bonds. The summed E-state index contributed by atoms with van der Waals surface area (Å²) in [6, 6.07) is 16.1. The van der Waals surface area contributed by atoms with Gasteiger partial charge in [-0.05, 0) is 54.8 Å². The van der Waals surface area contributed by atoms with Crippen LogP contribution in [0.4, 0.5) is 0 Å². The summed E-state index contributed by atoms with van der Waals surface area (Å²) in [5.74, 6) is 0. The second-order valence-corrected chi connectivity index (χ2v) is 6.17. The molecule has 0 spiro atoms. The lowest BCUT2D eigenvalue weighted by Gasteiger charge is -2.09. The van der Waals surface area contributed by atoms with Gasteiger partial charge in [0.25, 0.3) is 0 Å². The lowest BCUT2D eigenvalue weighted by atomic mass is 10.1. The molecule has 20 heavy (non-hydrogen) atoms. The van der Waals surface area contributed by atoms with Crippen LogP contribution in [0.3, 0.4) is 0 Å². The molecule has 3 aromatic carbocycles. The van der Waals surface area contributed by atoms with Crippen molar-refractivity contribution in [3.8, 4) is 0 Å². The van der Waals surface area contributed by atoms with Crippen molar-refractivity contribution < 1.29 is 0 Å². The molecule has 4 rings (SSSR count). The Morgan fingerprint density at radius 2 is 1.00 bits per heavy atom. The quantitative estimate of drug-likeness (QED) is 0.374. The molecule has 0 aliphatic carbocycles. The maximum absolute atomic E-state index is 4.75. The predicted molar refractivity (Wildman–Crippen MR) is 90.0 cm³/mol. The van der Waals surface area contributed by atoms with Gasteiger partial charge in [-0.1, -0.05) is 36.4 Å². The summed E-state index contributed by atoms with van der Waals surface area (Å²) in [5, 5.41) is 2.27. The number of hydrogen-bond donors (Lipinski definition) is 0. The number of rotatable bonds is 0. The summed E-state index contributed by atoms with van der Waals surface area (Å²) in [5.41, 5.74) is 3.58. The SMILES string of the molecule is Brc1c2ccccc2c(Br)c2nc3ccccc3nc12. The molecule has 0 unspecified atom stereocenters. The van der Waals surface area contributed by atoms with Crippen LogP contribution in [0.2, 0.25) is 0 Å². The highest BCUT2D eigenvalue weighted by molar-refractivity contribution is 9.11. The molecule has 1 heterocycles. The van der Waals surface area contributed by atoms with E-state index in [1.54, 1.807) is 0 Å². The fourth-order valence-corrected chi connectivity index (χ4v) is 3.67. The summed E-state index contributed by atoms with van der Waals surface area (Å²) >= 11 is 7.36. The standard InChI is InChI=1S/C16H8Br2N2/c17-13-9-5-1-2-6-10(9)14(18)16-15(13)19-11-7-3-4-8-12(11)20-16/h1-8H. The molecular weight excluding hydrogens is 380 g/mol. The second-order valence-electron chi connectivity index (χ2n) is 4.58. The fraction of sp³-hybridized carbons (Fsp3) is 0. The van der Waals surface area contributed by atoms with Gasteiger partial charge in [-0.25, -0.2) is 9.97 Å². The Balaban J connectivity index is 2.31. The smallest absolute Gasteiger partial charge is 0.105 e. The van der Waals surface area contributed by atoms with Crippen molar-refractivity contribution in [3.05, 3.63) is 57.5 Å².